The molecule has 0 amide bonds. The molecule has 2 N–H and O–H groups in total. The molecule has 146 valence electrons. The highest BCUT2D eigenvalue weighted by Gasteiger charge is 2.44. The monoisotopic (exact) mass is 426 g/mol. The van der Waals surface area contributed by atoms with E-state index in [9.17, 15) is 10.1 Å². The van der Waals surface area contributed by atoms with Gasteiger partial charge in [0, 0.05) is 10.6 Å². The number of hydrogen-bond donors (Lipinski definition) is 1. The van der Waals surface area contributed by atoms with Crippen molar-refractivity contribution in [2.75, 3.05) is 7.11 Å². The van der Waals surface area contributed by atoms with E-state index < -0.39 is 12.0 Å². The first-order valence-corrected chi connectivity index (χ1v) is 9.74. The zero-order chi connectivity index (χ0) is 20.7. The lowest BCUT2D eigenvalue weighted by Gasteiger charge is -2.33. The fourth-order valence-electron chi connectivity index (χ4n) is 3.25. The Bertz CT molecular complexity index is 1140. The van der Waals surface area contributed by atoms with Crippen molar-refractivity contribution in [2.45, 2.75) is 13.0 Å². The fourth-order valence-corrected chi connectivity index (χ4v) is 4.29. The molecule has 1 aromatic heterocycles. The van der Waals surface area contributed by atoms with Crippen LogP contribution < -0.4 is 5.73 Å². The molecule has 0 saturated carbocycles. The zero-order valence-corrected chi connectivity index (χ0v) is 17.0. The molecule has 7 nitrogen and oxygen atoms in total. The van der Waals surface area contributed by atoms with Gasteiger partial charge in [-0.1, -0.05) is 11.6 Å². The third kappa shape index (κ3) is 3.18. The van der Waals surface area contributed by atoms with Crippen molar-refractivity contribution >= 4 is 34.5 Å². The first kappa shape index (κ1) is 19.2. The number of furan rings is 1. The number of allylic oxidation sites excluding steroid dienone is 2. The van der Waals surface area contributed by atoms with Gasteiger partial charge in [0.1, 0.15) is 34.4 Å². The number of nitrogens with two attached hydrogens (primary N) is 1. The van der Waals surface area contributed by atoms with Gasteiger partial charge in [-0.2, -0.15) is 5.26 Å². The number of methoxy groups -OCH3 is 1. The van der Waals surface area contributed by atoms with Gasteiger partial charge >= 0.3 is 5.97 Å². The summed E-state index contributed by atoms with van der Waals surface area (Å²) in [4.78, 5) is 19.0. The summed E-state index contributed by atoms with van der Waals surface area (Å²) >= 11 is 7.12. The van der Waals surface area contributed by atoms with Gasteiger partial charge < -0.3 is 14.9 Å². The number of aliphatic imine (C=N–C) groups is 1. The first-order chi connectivity index (χ1) is 13.9. The maximum atomic E-state index is 12.6. The molecular formula is C20H15ClN4O3S. The molecule has 4 rings (SSSR count). The van der Waals surface area contributed by atoms with Gasteiger partial charge in [-0.25, -0.2) is 9.79 Å². The molecular weight excluding hydrogens is 412 g/mol. The number of rotatable bonds is 3. The molecule has 2 aliphatic rings. The summed E-state index contributed by atoms with van der Waals surface area (Å²) in [5, 5.41) is 10.5. The van der Waals surface area contributed by atoms with Crippen molar-refractivity contribution in [1.29, 1.82) is 5.26 Å². The molecule has 29 heavy (non-hydrogen) atoms. The summed E-state index contributed by atoms with van der Waals surface area (Å²) in [6, 6.07) is 12.2. The third-order valence-corrected chi connectivity index (χ3v) is 5.84. The molecule has 2 aliphatic heterocycles. The summed E-state index contributed by atoms with van der Waals surface area (Å²) in [6.07, 6.45) is 0. The lowest BCUT2D eigenvalue weighted by molar-refractivity contribution is -0.136. The number of nitrogens with zero attached hydrogens (tertiary/aromatic N) is 3. The number of carbonyl (C=O) groups is 1. The second-order valence-corrected chi connectivity index (χ2v) is 7.71. The maximum Gasteiger partial charge on any atom is 0.338 e. The quantitative estimate of drug-likeness (QED) is 0.734. The van der Waals surface area contributed by atoms with Gasteiger partial charge in [0.05, 0.1) is 18.4 Å². The molecule has 1 atom stereocenters. The topological polar surface area (TPSA) is 105 Å². The first-order valence-electron chi connectivity index (χ1n) is 8.55. The van der Waals surface area contributed by atoms with Crippen molar-refractivity contribution in [1.82, 2.24) is 4.90 Å². The summed E-state index contributed by atoms with van der Waals surface area (Å²) < 4.78 is 11.1. The van der Waals surface area contributed by atoms with Gasteiger partial charge in [-0.15, -0.1) is 0 Å². The molecule has 0 aliphatic carbocycles. The van der Waals surface area contributed by atoms with Crippen LogP contribution >= 0.6 is 23.4 Å². The van der Waals surface area contributed by atoms with E-state index in [1.54, 1.807) is 30.0 Å². The van der Waals surface area contributed by atoms with Gasteiger partial charge in [0.2, 0.25) is 0 Å². The van der Waals surface area contributed by atoms with E-state index in [1.165, 1.54) is 7.11 Å². The van der Waals surface area contributed by atoms with Crippen LogP contribution in [0.2, 0.25) is 5.02 Å². The Hall–Kier alpha value is -3.15. The maximum absolute atomic E-state index is 12.6. The van der Waals surface area contributed by atoms with Crippen LogP contribution in [0.4, 0.5) is 0 Å². The lowest BCUT2D eigenvalue weighted by Crippen LogP contribution is -2.38. The van der Waals surface area contributed by atoms with Gasteiger partial charge in [-0.05, 0) is 55.1 Å². The zero-order valence-electron chi connectivity index (χ0n) is 15.5. The van der Waals surface area contributed by atoms with Crippen LogP contribution in [0.3, 0.4) is 0 Å². The summed E-state index contributed by atoms with van der Waals surface area (Å²) in [7, 11) is 1.30. The molecule has 0 spiro atoms. The molecule has 1 aromatic carbocycles. The fraction of sp³-hybridized carbons (Fsp3) is 0.150. The van der Waals surface area contributed by atoms with E-state index in [2.05, 4.69) is 11.1 Å². The highest BCUT2D eigenvalue weighted by atomic mass is 35.5. The van der Waals surface area contributed by atoms with Gasteiger partial charge in [0.25, 0.3) is 0 Å². The average molecular weight is 427 g/mol. The molecule has 3 heterocycles. The summed E-state index contributed by atoms with van der Waals surface area (Å²) in [6.45, 7) is 1.72. The number of ether oxygens (including phenoxy) is 1. The minimum atomic E-state index is -0.700. The molecule has 0 fully saturated rings. The third-order valence-electron chi connectivity index (χ3n) is 4.61. The predicted molar refractivity (Wildman–Crippen MR) is 110 cm³/mol. The standard InChI is InChI=1S/C20H15ClN4O3S/c1-10-16(19(26)27-2)17(25-18(23)15(9-22)29-20(25)24-10)14-8-7-13(28-14)11-3-5-12(21)6-4-11/h3-8,17H,23H2,1-2H3/t17-/m1/s1. The van der Waals surface area contributed by atoms with E-state index in [1.807, 2.05) is 18.2 Å². The minimum Gasteiger partial charge on any atom is -0.466 e. The molecule has 9 heteroatoms. The Morgan fingerprint density at radius 3 is 2.72 bits per heavy atom. The van der Waals surface area contributed by atoms with Crippen LogP contribution in [0.5, 0.6) is 0 Å². The van der Waals surface area contributed by atoms with Gasteiger partial charge in [0.15, 0.2) is 5.17 Å². The summed E-state index contributed by atoms with van der Waals surface area (Å²) in [5.74, 6) is 0.768. The van der Waals surface area contributed by atoms with Crippen LogP contribution in [-0.2, 0) is 9.53 Å². The van der Waals surface area contributed by atoms with Crippen molar-refractivity contribution in [3.8, 4) is 17.4 Å². The van der Waals surface area contributed by atoms with Crippen molar-refractivity contribution in [2.24, 2.45) is 10.7 Å². The second-order valence-electron chi connectivity index (χ2n) is 6.29. The number of thioether (sulfide) groups is 1. The Kier molecular flexibility index (Phi) is 4.86. The molecule has 0 saturated heterocycles. The number of hydrogen-bond acceptors (Lipinski definition) is 8. The van der Waals surface area contributed by atoms with Crippen LogP contribution in [0.15, 0.2) is 67.8 Å². The van der Waals surface area contributed by atoms with E-state index in [0.29, 0.717) is 37.9 Å². The average Bonchev–Trinajstić information content (AvgIpc) is 3.32. The molecule has 0 radical (unpaired) electrons. The molecule has 2 aromatic rings. The van der Waals surface area contributed by atoms with Crippen molar-refractivity contribution < 1.29 is 13.9 Å². The number of benzene rings is 1. The Balaban J connectivity index is 1.83. The number of fused-ring (bicyclic) bond motifs is 1. The number of halogens is 1. The number of carbonyl (C=O) groups excluding carboxylic acids is 1. The summed E-state index contributed by atoms with van der Waals surface area (Å²) in [5.41, 5.74) is 7.83. The highest BCUT2D eigenvalue weighted by molar-refractivity contribution is 8.17. The van der Waals surface area contributed by atoms with E-state index in [-0.39, 0.29) is 5.82 Å². The van der Waals surface area contributed by atoms with Crippen LogP contribution in [-0.4, -0.2) is 23.1 Å². The Morgan fingerprint density at radius 2 is 2.07 bits per heavy atom. The minimum absolute atomic E-state index is 0.222. The van der Waals surface area contributed by atoms with Crippen LogP contribution in [0.25, 0.3) is 11.3 Å². The van der Waals surface area contributed by atoms with Crippen molar-refractivity contribution in [3.63, 3.8) is 0 Å². The van der Waals surface area contributed by atoms with E-state index in [4.69, 9.17) is 26.5 Å². The van der Waals surface area contributed by atoms with Crippen molar-refractivity contribution in [3.05, 3.63) is 69.2 Å². The van der Waals surface area contributed by atoms with E-state index in [0.717, 1.165) is 17.3 Å². The lowest BCUT2D eigenvalue weighted by atomic mass is 10.00. The van der Waals surface area contributed by atoms with Crippen LogP contribution in [0.1, 0.15) is 18.7 Å². The number of nitriles is 1. The SMILES string of the molecule is COC(=O)C1=C(C)N=C2SC(C#N)=C(N)N2[C@@H]1c1ccc(-c2ccc(Cl)cc2)o1. The normalized spacial score (nSPS) is 18.5. The second kappa shape index (κ2) is 7.35. The smallest absolute Gasteiger partial charge is 0.338 e. The molecule has 0 bridgehead atoms. The van der Waals surface area contributed by atoms with Gasteiger partial charge in [-0.3, -0.25) is 4.90 Å². The molecule has 0 unspecified atom stereocenters. The Labute approximate surface area is 176 Å². The van der Waals surface area contributed by atoms with E-state index >= 15 is 0 Å². The highest BCUT2D eigenvalue weighted by Crippen LogP contribution is 2.46. The Morgan fingerprint density at radius 1 is 1.34 bits per heavy atom. The predicted octanol–water partition coefficient (Wildman–Crippen LogP) is 4.16. The van der Waals surface area contributed by atoms with Crippen LogP contribution in [0, 0.1) is 11.3 Å². The largest absolute Gasteiger partial charge is 0.466 e. The number of esters is 1. The number of amidine groups is 1.